The molecular weight excluding hydrogens is 534 g/mol. The Hall–Kier alpha value is -2.26. The van der Waals surface area contributed by atoms with Crippen molar-refractivity contribution in [3.63, 3.8) is 0 Å². The summed E-state index contributed by atoms with van der Waals surface area (Å²) < 4.78 is 30.6. The third-order valence-corrected chi connectivity index (χ3v) is 8.27. The van der Waals surface area contributed by atoms with Crippen molar-refractivity contribution in [2.45, 2.75) is 95.5 Å². The van der Waals surface area contributed by atoms with E-state index in [0.29, 0.717) is 0 Å². The maximum atomic E-state index is 12.5. The first-order valence-corrected chi connectivity index (χ1v) is 16.7. The third kappa shape index (κ3) is 17.3. The zero-order chi connectivity index (χ0) is 30.7. The molecule has 1 atom stereocenters. The van der Waals surface area contributed by atoms with Gasteiger partial charge in [0.15, 0.2) is 0 Å². The monoisotopic (exact) mass is 590 g/mol. The van der Waals surface area contributed by atoms with Crippen LogP contribution in [0.15, 0.2) is 59.5 Å². The molecule has 0 aliphatic carbocycles. The highest BCUT2D eigenvalue weighted by molar-refractivity contribution is 7.85. The molecular formula is C33H56N3O4S+. The number of nitrogens with one attached hydrogen (secondary N) is 1. The number of carbonyl (C=O) groups excluding carboxylic acids is 1. The molecule has 41 heavy (non-hydrogen) atoms. The summed E-state index contributed by atoms with van der Waals surface area (Å²) in [7, 11) is 4.70. The first-order valence-electron chi connectivity index (χ1n) is 15.2. The van der Waals surface area contributed by atoms with Crippen LogP contribution in [0.3, 0.4) is 0 Å². The number of unbranched alkanes of at least 4 members (excludes halogenated alkanes) is 9. The van der Waals surface area contributed by atoms with Crippen molar-refractivity contribution >= 4 is 16.0 Å². The largest absolute Gasteiger partial charge is 0.336 e. The van der Waals surface area contributed by atoms with Crippen LogP contribution in [-0.2, 0) is 10.1 Å². The standard InChI is InChI=1S/C26H47N3O.C7H8O3S/c1-6-7-8-9-10-11-12-13-14-18-22-29(4,5)23-21-25(28(2)3)27-26(30)24-19-16-15-17-20-24;1-6-2-4-7(5-3-6)11(8,9)10/h15-17,19-20,25H,6-14,18,21-23H2,1-5H3;2-5H,1H3,(H,8,9,10)/p+1. The summed E-state index contributed by atoms with van der Waals surface area (Å²) in [6.45, 7) is 6.40. The van der Waals surface area contributed by atoms with Gasteiger partial charge < -0.3 is 9.80 Å². The van der Waals surface area contributed by atoms with Crippen molar-refractivity contribution in [2.24, 2.45) is 0 Å². The molecule has 1 amide bonds. The predicted octanol–water partition coefficient (Wildman–Crippen LogP) is 6.93. The van der Waals surface area contributed by atoms with Gasteiger partial charge >= 0.3 is 0 Å². The van der Waals surface area contributed by atoms with Crippen LogP contribution < -0.4 is 5.32 Å². The number of benzene rings is 2. The summed E-state index contributed by atoms with van der Waals surface area (Å²) in [6, 6.07) is 15.5. The van der Waals surface area contributed by atoms with E-state index >= 15 is 0 Å². The molecule has 2 aromatic carbocycles. The Kier molecular flexibility index (Phi) is 17.7. The Labute approximate surface area is 250 Å². The van der Waals surface area contributed by atoms with E-state index in [1.165, 1.54) is 82.9 Å². The van der Waals surface area contributed by atoms with Gasteiger partial charge in [0.2, 0.25) is 0 Å². The Morgan fingerprint density at radius 1 is 0.829 bits per heavy atom. The molecule has 0 aliphatic rings. The first-order chi connectivity index (χ1) is 19.4. The molecule has 2 rings (SSSR count). The van der Waals surface area contributed by atoms with Crippen molar-refractivity contribution in [3.05, 3.63) is 65.7 Å². The second kappa shape index (κ2) is 19.8. The molecule has 0 saturated heterocycles. The molecule has 0 fully saturated rings. The van der Waals surface area contributed by atoms with Gasteiger partial charge in [-0.2, -0.15) is 8.42 Å². The normalized spacial score (nSPS) is 12.5. The molecule has 0 spiro atoms. The van der Waals surface area contributed by atoms with Gasteiger partial charge in [-0.1, -0.05) is 94.2 Å². The molecule has 8 heteroatoms. The molecule has 0 saturated carbocycles. The fourth-order valence-electron chi connectivity index (χ4n) is 4.60. The topological polar surface area (TPSA) is 86.7 Å². The van der Waals surface area contributed by atoms with Gasteiger partial charge in [-0.05, 0) is 58.1 Å². The van der Waals surface area contributed by atoms with E-state index < -0.39 is 10.1 Å². The maximum Gasteiger partial charge on any atom is 0.294 e. The van der Waals surface area contributed by atoms with E-state index in [0.717, 1.165) is 28.6 Å². The van der Waals surface area contributed by atoms with E-state index in [9.17, 15) is 13.2 Å². The molecule has 232 valence electrons. The lowest BCUT2D eigenvalue weighted by molar-refractivity contribution is -0.891. The van der Waals surface area contributed by atoms with Crippen LogP contribution >= 0.6 is 0 Å². The smallest absolute Gasteiger partial charge is 0.294 e. The lowest BCUT2D eigenvalue weighted by Gasteiger charge is -2.33. The highest BCUT2D eigenvalue weighted by Crippen LogP contribution is 2.13. The lowest BCUT2D eigenvalue weighted by Crippen LogP contribution is -2.49. The Balaban J connectivity index is 0.000000634. The molecule has 1 unspecified atom stereocenters. The maximum absolute atomic E-state index is 12.5. The molecule has 2 aromatic rings. The van der Waals surface area contributed by atoms with Crippen molar-refractivity contribution in [2.75, 3.05) is 41.3 Å². The van der Waals surface area contributed by atoms with E-state index in [-0.39, 0.29) is 17.0 Å². The molecule has 2 N–H and O–H groups in total. The summed E-state index contributed by atoms with van der Waals surface area (Å²) in [4.78, 5) is 14.6. The predicted molar refractivity (Wildman–Crippen MR) is 171 cm³/mol. The summed E-state index contributed by atoms with van der Waals surface area (Å²) in [6.07, 6.45) is 14.8. The van der Waals surface area contributed by atoms with E-state index in [1.54, 1.807) is 12.1 Å². The van der Waals surface area contributed by atoms with Crippen LogP contribution in [0, 0.1) is 6.92 Å². The minimum Gasteiger partial charge on any atom is -0.336 e. The zero-order valence-corrected chi connectivity index (χ0v) is 27.3. The van der Waals surface area contributed by atoms with Crippen molar-refractivity contribution < 1.29 is 22.2 Å². The van der Waals surface area contributed by atoms with Gasteiger partial charge in [-0.15, -0.1) is 0 Å². The van der Waals surface area contributed by atoms with E-state index in [4.69, 9.17) is 4.55 Å². The van der Waals surface area contributed by atoms with Crippen molar-refractivity contribution in [1.82, 2.24) is 10.2 Å². The van der Waals surface area contributed by atoms with Crippen LogP contribution in [0.5, 0.6) is 0 Å². The number of hydrogen-bond acceptors (Lipinski definition) is 4. The van der Waals surface area contributed by atoms with Gasteiger partial charge in [-0.3, -0.25) is 14.2 Å². The van der Waals surface area contributed by atoms with Crippen molar-refractivity contribution in [3.8, 4) is 0 Å². The van der Waals surface area contributed by atoms with Gasteiger partial charge in [0.05, 0.1) is 38.2 Å². The first kappa shape index (κ1) is 36.8. The fourth-order valence-corrected chi connectivity index (χ4v) is 5.08. The summed E-state index contributed by atoms with van der Waals surface area (Å²) >= 11 is 0. The third-order valence-electron chi connectivity index (χ3n) is 7.40. The van der Waals surface area contributed by atoms with Crippen LogP contribution in [0.2, 0.25) is 0 Å². The van der Waals surface area contributed by atoms with Gasteiger partial charge in [0, 0.05) is 12.0 Å². The van der Waals surface area contributed by atoms with Crippen LogP contribution in [-0.4, -0.2) is 75.7 Å². The molecule has 0 aliphatic heterocycles. The number of rotatable bonds is 18. The number of amides is 1. The summed E-state index contributed by atoms with van der Waals surface area (Å²) in [5.74, 6) is 0.00861. The molecule has 0 radical (unpaired) electrons. The van der Waals surface area contributed by atoms with Gasteiger partial charge in [-0.25, -0.2) is 0 Å². The number of carbonyl (C=O) groups is 1. The fraction of sp³-hybridized carbons (Fsp3) is 0.606. The van der Waals surface area contributed by atoms with Gasteiger partial charge in [0.25, 0.3) is 16.0 Å². The van der Waals surface area contributed by atoms with E-state index in [2.05, 4.69) is 31.2 Å². The van der Waals surface area contributed by atoms with Crippen LogP contribution in [0.1, 0.15) is 93.5 Å². The minimum atomic E-state index is -4.02. The summed E-state index contributed by atoms with van der Waals surface area (Å²) in [5.41, 5.74) is 1.68. The number of aryl methyl sites for hydroxylation is 1. The average molecular weight is 591 g/mol. The quantitative estimate of drug-likeness (QED) is 0.0851. The Morgan fingerprint density at radius 3 is 1.83 bits per heavy atom. The second-order valence-corrected chi connectivity index (χ2v) is 13.4. The number of hydrogen-bond donors (Lipinski definition) is 2. The summed E-state index contributed by atoms with van der Waals surface area (Å²) in [5, 5.41) is 3.19. The molecule has 0 aromatic heterocycles. The van der Waals surface area contributed by atoms with Crippen LogP contribution in [0.25, 0.3) is 0 Å². The Morgan fingerprint density at radius 2 is 1.34 bits per heavy atom. The van der Waals surface area contributed by atoms with Crippen molar-refractivity contribution in [1.29, 1.82) is 0 Å². The van der Waals surface area contributed by atoms with Crippen LogP contribution in [0.4, 0.5) is 0 Å². The highest BCUT2D eigenvalue weighted by Gasteiger charge is 2.21. The highest BCUT2D eigenvalue weighted by atomic mass is 32.2. The second-order valence-electron chi connectivity index (χ2n) is 12.0. The number of quaternary nitrogens is 1. The number of nitrogens with zero attached hydrogens (tertiary/aromatic N) is 2. The zero-order valence-electron chi connectivity index (χ0n) is 26.4. The molecule has 7 nitrogen and oxygen atoms in total. The van der Waals surface area contributed by atoms with E-state index in [1.807, 2.05) is 51.4 Å². The van der Waals surface area contributed by atoms with Gasteiger partial charge in [0.1, 0.15) is 0 Å². The molecule has 0 heterocycles. The minimum absolute atomic E-state index is 0.00861. The SMILES string of the molecule is CCCCCCCCCCCC[N+](C)(C)CCC(NC(=O)c1ccccc1)N(C)C.Cc1ccc(S(=O)(=O)O)cc1. The lowest BCUT2D eigenvalue weighted by atomic mass is 10.1. The molecule has 0 bridgehead atoms. The average Bonchev–Trinajstić information content (AvgIpc) is 2.92. The Bertz CT molecular complexity index is 1070.